The molecule has 1 aromatic heterocycles. The molecule has 2 heterocycles. The summed E-state index contributed by atoms with van der Waals surface area (Å²) in [7, 11) is 3.32. The van der Waals surface area contributed by atoms with Crippen molar-refractivity contribution in [2.24, 2.45) is 0 Å². The molecule has 0 N–H and O–H groups in total. The molecule has 1 atom stereocenters. The zero-order valence-electron chi connectivity index (χ0n) is 18.7. The van der Waals surface area contributed by atoms with E-state index in [4.69, 9.17) is 9.47 Å². The molecule has 0 bridgehead atoms. The Balaban J connectivity index is 1.46. The van der Waals surface area contributed by atoms with Crippen LogP contribution in [0.5, 0.6) is 11.5 Å². The number of para-hydroxylation sites is 1. The molecular formula is C26H29N3O3. The van der Waals surface area contributed by atoms with Gasteiger partial charge in [0.15, 0.2) is 0 Å². The van der Waals surface area contributed by atoms with Crippen LogP contribution >= 0.6 is 0 Å². The van der Waals surface area contributed by atoms with Crippen LogP contribution in [0.3, 0.4) is 0 Å². The number of aromatic nitrogens is 2. The minimum atomic E-state index is 0.155. The molecule has 6 heteroatoms. The van der Waals surface area contributed by atoms with Crippen LogP contribution in [0, 0.1) is 0 Å². The highest BCUT2D eigenvalue weighted by Crippen LogP contribution is 2.35. The lowest BCUT2D eigenvalue weighted by Gasteiger charge is -2.33. The summed E-state index contributed by atoms with van der Waals surface area (Å²) in [5.41, 5.74) is 3.84. The quantitative estimate of drug-likeness (QED) is 0.551. The number of likely N-dealkylation sites (tertiary alicyclic amines) is 1. The molecule has 0 aliphatic carbocycles. The van der Waals surface area contributed by atoms with E-state index in [1.165, 1.54) is 0 Å². The number of carbonyl (C=O) groups is 1. The third kappa shape index (κ3) is 4.90. The van der Waals surface area contributed by atoms with Gasteiger partial charge in [-0.3, -0.25) is 14.8 Å². The predicted molar refractivity (Wildman–Crippen MR) is 124 cm³/mol. The number of ether oxygens (including phenoxy) is 2. The van der Waals surface area contributed by atoms with Gasteiger partial charge in [0, 0.05) is 43.4 Å². The first-order valence-corrected chi connectivity index (χ1v) is 11.0. The van der Waals surface area contributed by atoms with Crippen LogP contribution in [-0.2, 0) is 11.2 Å². The maximum absolute atomic E-state index is 13.0. The lowest BCUT2D eigenvalue weighted by atomic mass is 9.91. The Morgan fingerprint density at radius 1 is 1.03 bits per heavy atom. The van der Waals surface area contributed by atoms with E-state index in [1.807, 2.05) is 53.4 Å². The number of amides is 1. The van der Waals surface area contributed by atoms with Gasteiger partial charge >= 0.3 is 0 Å². The second-order valence-electron chi connectivity index (χ2n) is 8.02. The minimum Gasteiger partial charge on any atom is -0.497 e. The summed E-state index contributed by atoms with van der Waals surface area (Å²) in [6.07, 6.45) is 6.62. The molecule has 0 spiro atoms. The molecule has 1 aliphatic rings. The van der Waals surface area contributed by atoms with E-state index in [1.54, 1.807) is 26.6 Å². The van der Waals surface area contributed by atoms with E-state index in [0.717, 1.165) is 59.8 Å². The summed E-state index contributed by atoms with van der Waals surface area (Å²) in [6.45, 7) is 1.46. The van der Waals surface area contributed by atoms with Gasteiger partial charge in [0.25, 0.3) is 0 Å². The van der Waals surface area contributed by atoms with E-state index >= 15 is 0 Å². The summed E-state index contributed by atoms with van der Waals surface area (Å²) in [4.78, 5) is 24.3. The fourth-order valence-electron chi connectivity index (χ4n) is 4.32. The molecule has 1 amide bonds. The fourth-order valence-corrected chi connectivity index (χ4v) is 4.32. The van der Waals surface area contributed by atoms with Gasteiger partial charge in [0.1, 0.15) is 11.5 Å². The van der Waals surface area contributed by atoms with Crippen molar-refractivity contribution in [3.63, 3.8) is 0 Å². The van der Waals surface area contributed by atoms with Crippen LogP contribution in [0.4, 0.5) is 0 Å². The normalized spacial score (nSPS) is 15.9. The third-order valence-electron chi connectivity index (χ3n) is 6.04. The lowest BCUT2D eigenvalue weighted by molar-refractivity contribution is -0.132. The van der Waals surface area contributed by atoms with Gasteiger partial charge in [-0.2, -0.15) is 0 Å². The van der Waals surface area contributed by atoms with Gasteiger partial charge in [0.05, 0.1) is 25.6 Å². The number of carbonyl (C=O) groups excluding carboxylic acids is 1. The van der Waals surface area contributed by atoms with Crippen LogP contribution in [0.2, 0.25) is 0 Å². The van der Waals surface area contributed by atoms with Gasteiger partial charge in [-0.05, 0) is 49.1 Å². The number of nitrogens with zero attached hydrogens (tertiary/aromatic N) is 3. The molecule has 1 saturated heterocycles. The van der Waals surface area contributed by atoms with Crippen molar-refractivity contribution in [2.75, 3.05) is 27.3 Å². The summed E-state index contributed by atoms with van der Waals surface area (Å²) < 4.78 is 10.8. The van der Waals surface area contributed by atoms with Crippen molar-refractivity contribution in [3.8, 4) is 22.8 Å². The predicted octanol–water partition coefficient (Wildman–Crippen LogP) is 4.50. The van der Waals surface area contributed by atoms with E-state index in [9.17, 15) is 4.79 Å². The number of aryl methyl sites for hydroxylation is 1. The molecule has 0 saturated carbocycles. The minimum absolute atomic E-state index is 0.155. The number of piperidine rings is 1. The Bertz CT molecular complexity index is 1050. The second-order valence-corrected chi connectivity index (χ2v) is 8.02. The molecule has 1 aliphatic heterocycles. The summed E-state index contributed by atoms with van der Waals surface area (Å²) in [6, 6.07) is 15.8. The van der Waals surface area contributed by atoms with E-state index in [-0.39, 0.29) is 11.8 Å². The van der Waals surface area contributed by atoms with Crippen LogP contribution in [0.25, 0.3) is 11.3 Å². The standard InChI is InChI=1S/C26H29N3O3/c1-31-21-12-9-19(10-13-21)11-14-24(30)29-17-5-6-20(18-29)25-26(28-16-15-27-25)22-7-3-4-8-23(22)32-2/h3-4,7-10,12-13,15-16,20H,5-6,11,14,17-18H2,1-2H3. The number of benzene rings is 2. The van der Waals surface area contributed by atoms with Crippen molar-refractivity contribution in [3.05, 3.63) is 72.2 Å². The smallest absolute Gasteiger partial charge is 0.222 e. The molecule has 6 nitrogen and oxygen atoms in total. The highest BCUT2D eigenvalue weighted by Gasteiger charge is 2.28. The number of rotatable bonds is 7. The largest absolute Gasteiger partial charge is 0.497 e. The van der Waals surface area contributed by atoms with E-state index in [2.05, 4.69) is 9.97 Å². The van der Waals surface area contributed by atoms with Crippen LogP contribution < -0.4 is 9.47 Å². The number of methoxy groups -OCH3 is 2. The van der Waals surface area contributed by atoms with Gasteiger partial charge in [-0.1, -0.05) is 24.3 Å². The Kier molecular flexibility index (Phi) is 7.00. The van der Waals surface area contributed by atoms with E-state index in [0.29, 0.717) is 13.0 Å². The van der Waals surface area contributed by atoms with Crippen molar-refractivity contribution in [2.45, 2.75) is 31.6 Å². The molecule has 0 radical (unpaired) electrons. The Morgan fingerprint density at radius 3 is 2.59 bits per heavy atom. The molecule has 166 valence electrons. The first kappa shape index (κ1) is 21.8. The van der Waals surface area contributed by atoms with E-state index < -0.39 is 0 Å². The monoisotopic (exact) mass is 431 g/mol. The lowest BCUT2D eigenvalue weighted by Crippen LogP contribution is -2.39. The SMILES string of the molecule is COc1ccc(CCC(=O)N2CCCC(c3nccnc3-c3ccccc3OC)C2)cc1. The molecular weight excluding hydrogens is 402 g/mol. The maximum Gasteiger partial charge on any atom is 0.222 e. The molecule has 1 unspecified atom stereocenters. The average Bonchev–Trinajstić information content (AvgIpc) is 2.87. The molecule has 1 fully saturated rings. The topological polar surface area (TPSA) is 64.5 Å². The third-order valence-corrected chi connectivity index (χ3v) is 6.04. The average molecular weight is 432 g/mol. The molecule has 2 aromatic carbocycles. The van der Waals surface area contributed by atoms with Crippen LogP contribution in [-0.4, -0.2) is 48.1 Å². The highest BCUT2D eigenvalue weighted by atomic mass is 16.5. The molecule has 4 rings (SSSR count). The maximum atomic E-state index is 13.0. The Morgan fingerprint density at radius 2 is 1.81 bits per heavy atom. The van der Waals surface area contributed by atoms with Crippen LogP contribution in [0.15, 0.2) is 60.9 Å². The van der Waals surface area contributed by atoms with Gasteiger partial charge in [-0.15, -0.1) is 0 Å². The second kappa shape index (κ2) is 10.3. The van der Waals surface area contributed by atoms with Crippen LogP contribution in [0.1, 0.15) is 36.4 Å². The highest BCUT2D eigenvalue weighted by molar-refractivity contribution is 5.77. The first-order chi connectivity index (χ1) is 15.7. The first-order valence-electron chi connectivity index (χ1n) is 11.0. The molecule has 32 heavy (non-hydrogen) atoms. The van der Waals surface area contributed by atoms with Gasteiger partial charge in [-0.25, -0.2) is 0 Å². The van der Waals surface area contributed by atoms with Gasteiger partial charge < -0.3 is 14.4 Å². The van der Waals surface area contributed by atoms with Crippen molar-refractivity contribution in [1.82, 2.24) is 14.9 Å². The van der Waals surface area contributed by atoms with Crippen molar-refractivity contribution >= 4 is 5.91 Å². The molecule has 3 aromatic rings. The summed E-state index contributed by atoms with van der Waals surface area (Å²) in [5, 5.41) is 0. The number of hydrogen-bond acceptors (Lipinski definition) is 5. The van der Waals surface area contributed by atoms with Gasteiger partial charge in [0.2, 0.25) is 5.91 Å². The van der Waals surface area contributed by atoms with Crippen molar-refractivity contribution < 1.29 is 14.3 Å². The Hall–Kier alpha value is -3.41. The number of hydrogen-bond donors (Lipinski definition) is 0. The van der Waals surface area contributed by atoms with Crippen molar-refractivity contribution in [1.29, 1.82) is 0 Å². The zero-order valence-corrected chi connectivity index (χ0v) is 18.7. The zero-order chi connectivity index (χ0) is 22.3. The fraction of sp³-hybridized carbons (Fsp3) is 0.346. The summed E-state index contributed by atoms with van der Waals surface area (Å²) >= 11 is 0. The Labute approximate surface area is 189 Å². The summed E-state index contributed by atoms with van der Waals surface area (Å²) in [5.74, 6) is 1.95.